The second-order valence-electron chi connectivity index (χ2n) is 7.05. The van der Waals surface area contributed by atoms with E-state index in [9.17, 15) is 4.79 Å². The quantitative estimate of drug-likeness (QED) is 0.780. The van der Waals surface area contributed by atoms with Crippen molar-refractivity contribution in [3.63, 3.8) is 0 Å². The normalized spacial score (nSPS) is 22.9. The van der Waals surface area contributed by atoms with Gasteiger partial charge in [-0.1, -0.05) is 0 Å². The fourth-order valence-corrected chi connectivity index (χ4v) is 3.71. The Bertz CT molecular complexity index is 727. The van der Waals surface area contributed by atoms with Crippen molar-refractivity contribution in [3.8, 4) is 11.5 Å². The first-order valence-electron chi connectivity index (χ1n) is 8.58. The van der Waals surface area contributed by atoms with E-state index in [0.717, 1.165) is 55.0 Å². The first kappa shape index (κ1) is 15.7. The van der Waals surface area contributed by atoms with E-state index < -0.39 is 0 Å². The minimum atomic E-state index is -0.0212. The van der Waals surface area contributed by atoms with Gasteiger partial charge in [0.15, 0.2) is 5.76 Å². The van der Waals surface area contributed by atoms with Crippen LogP contribution in [0.3, 0.4) is 0 Å². The summed E-state index contributed by atoms with van der Waals surface area (Å²) in [6.07, 6.45) is 2.55. The van der Waals surface area contributed by atoms with Crippen molar-refractivity contribution in [2.75, 3.05) is 19.9 Å². The van der Waals surface area contributed by atoms with Crippen LogP contribution in [0.25, 0.3) is 0 Å². The van der Waals surface area contributed by atoms with Crippen LogP contribution in [0, 0.1) is 6.92 Å². The monoisotopic (exact) mass is 329 g/mol. The maximum atomic E-state index is 12.6. The molecule has 128 valence electrons. The lowest BCUT2D eigenvalue weighted by Crippen LogP contribution is -2.37. The van der Waals surface area contributed by atoms with E-state index in [1.54, 1.807) is 0 Å². The van der Waals surface area contributed by atoms with Crippen molar-refractivity contribution in [1.29, 1.82) is 0 Å². The summed E-state index contributed by atoms with van der Waals surface area (Å²) in [6, 6.07) is 1.94. The number of Topliss-reactive ketones (excluding diaryl/α,β-unsaturated/α-hetero) is 1. The molecule has 3 aliphatic rings. The number of hydrogen-bond acceptors (Lipinski definition) is 5. The molecular weight excluding hydrogens is 306 g/mol. The third-order valence-corrected chi connectivity index (χ3v) is 4.92. The van der Waals surface area contributed by atoms with Gasteiger partial charge < -0.3 is 14.2 Å². The van der Waals surface area contributed by atoms with Gasteiger partial charge in [-0.3, -0.25) is 9.69 Å². The summed E-state index contributed by atoms with van der Waals surface area (Å²) in [5.74, 6) is 1.95. The second kappa shape index (κ2) is 5.90. The Hall–Kier alpha value is -1.85. The van der Waals surface area contributed by atoms with Gasteiger partial charge in [0.1, 0.15) is 18.2 Å². The molecule has 0 saturated carbocycles. The Morgan fingerprint density at radius 1 is 1.33 bits per heavy atom. The molecule has 1 aromatic rings. The van der Waals surface area contributed by atoms with E-state index in [-0.39, 0.29) is 5.78 Å². The summed E-state index contributed by atoms with van der Waals surface area (Å²) in [5, 5.41) is 0. The SMILES string of the molecule is CC(C)=C1Oc2c(cc3c(c2C)OCN(CC2CCCO2)C3)C1=O. The average molecular weight is 329 g/mol. The second-order valence-corrected chi connectivity index (χ2v) is 7.05. The van der Waals surface area contributed by atoms with Gasteiger partial charge in [0, 0.05) is 30.8 Å². The minimum absolute atomic E-state index is 0.0212. The number of carbonyl (C=O) groups is 1. The molecule has 0 aliphatic carbocycles. The molecule has 24 heavy (non-hydrogen) atoms. The average Bonchev–Trinajstić information content (AvgIpc) is 3.16. The van der Waals surface area contributed by atoms with Crippen LogP contribution in [0.4, 0.5) is 0 Å². The van der Waals surface area contributed by atoms with Crippen molar-refractivity contribution in [1.82, 2.24) is 4.90 Å². The molecular formula is C19H23NO4. The van der Waals surface area contributed by atoms with Crippen LogP contribution in [0.5, 0.6) is 11.5 Å². The Morgan fingerprint density at radius 2 is 2.17 bits per heavy atom. The fraction of sp³-hybridized carbons (Fsp3) is 0.526. The molecule has 3 heterocycles. The number of benzene rings is 1. The molecule has 1 unspecified atom stereocenters. The van der Waals surface area contributed by atoms with Crippen molar-refractivity contribution in [2.24, 2.45) is 0 Å². The molecule has 1 atom stereocenters. The van der Waals surface area contributed by atoms with Gasteiger partial charge in [-0.05, 0) is 45.3 Å². The molecule has 0 bridgehead atoms. The van der Waals surface area contributed by atoms with Crippen LogP contribution < -0.4 is 9.47 Å². The number of ether oxygens (including phenoxy) is 3. The molecule has 5 heteroatoms. The number of ketones is 1. The Kier molecular flexibility index (Phi) is 3.85. The third kappa shape index (κ3) is 2.52. The number of rotatable bonds is 2. The van der Waals surface area contributed by atoms with Crippen LogP contribution in [0.1, 0.15) is 48.2 Å². The van der Waals surface area contributed by atoms with E-state index in [2.05, 4.69) is 4.90 Å². The van der Waals surface area contributed by atoms with Crippen LogP contribution in [-0.4, -0.2) is 36.7 Å². The van der Waals surface area contributed by atoms with Gasteiger partial charge in [0.05, 0.1) is 11.7 Å². The summed E-state index contributed by atoms with van der Waals surface area (Å²) in [6.45, 7) is 8.83. The molecule has 5 nitrogen and oxygen atoms in total. The lowest BCUT2D eigenvalue weighted by atomic mass is 9.99. The highest BCUT2D eigenvalue weighted by Crippen LogP contribution is 2.43. The predicted octanol–water partition coefficient (Wildman–Crippen LogP) is 3.19. The zero-order chi connectivity index (χ0) is 16.8. The summed E-state index contributed by atoms with van der Waals surface area (Å²) in [5.41, 5.74) is 3.53. The first-order valence-corrected chi connectivity index (χ1v) is 8.58. The number of carbonyl (C=O) groups excluding carboxylic acids is 1. The van der Waals surface area contributed by atoms with Gasteiger partial charge in [-0.15, -0.1) is 0 Å². The summed E-state index contributed by atoms with van der Waals surface area (Å²) in [7, 11) is 0. The topological polar surface area (TPSA) is 48.0 Å². The lowest BCUT2D eigenvalue weighted by molar-refractivity contribution is 0.0276. The smallest absolute Gasteiger partial charge is 0.231 e. The van der Waals surface area contributed by atoms with Crippen LogP contribution in [-0.2, 0) is 11.3 Å². The fourth-order valence-electron chi connectivity index (χ4n) is 3.71. The third-order valence-electron chi connectivity index (χ3n) is 4.92. The summed E-state index contributed by atoms with van der Waals surface area (Å²) >= 11 is 0. The van der Waals surface area contributed by atoms with Gasteiger partial charge in [-0.25, -0.2) is 0 Å². The van der Waals surface area contributed by atoms with Crippen LogP contribution in [0.15, 0.2) is 17.4 Å². The zero-order valence-corrected chi connectivity index (χ0v) is 14.5. The Balaban J connectivity index is 1.62. The van der Waals surface area contributed by atoms with Gasteiger partial charge in [0.25, 0.3) is 0 Å². The van der Waals surface area contributed by atoms with Crippen molar-refractivity contribution in [3.05, 3.63) is 34.1 Å². The van der Waals surface area contributed by atoms with Gasteiger partial charge in [0.2, 0.25) is 5.78 Å². The van der Waals surface area contributed by atoms with Crippen molar-refractivity contribution in [2.45, 2.75) is 46.3 Å². The lowest BCUT2D eigenvalue weighted by Gasteiger charge is -2.31. The highest BCUT2D eigenvalue weighted by Gasteiger charge is 2.34. The molecule has 0 amide bonds. The standard InChI is InChI=1S/C19H23NO4/c1-11(2)17-16(21)15-7-13-8-20(9-14-5-4-6-22-14)10-23-18(13)12(3)19(15)24-17/h7,14H,4-6,8-10H2,1-3H3. The van der Waals surface area contributed by atoms with Crippen LogP contribution >= 0.6 is 0 Å². The molecule has 0 aromatic heterocycles. The zero-order valence-electron chi connectivity index (χ0n) is 14.5. The molecule has 4 rings (SSSR count). The molecule has 0 N–H and O–H groups in total. The van der Waals surface area contributed by atoms with E-state index in [0.29, 0.717) is 29.9 Å². The van der Waals surface area contributed by atoms with E-state index in [4.69, 9.17) is 14.2 Å². The van der Waals surface area contributed by atoms with E-state index in [1.165, 1.54) is 0 Å². The van der Waals surface area contributed by atoms with E-state index in [1.807, 2.05) is 26.8 Å². The summed E-state index contributed by atoms with van der Waals surface area (Å²) in [4.78, 5) is 14.8. The number of nitrogens with zero attached hydrogens (tertiary/aromatic N) is 1. The maximum absolute atomic E-state index is 12.6. The molecule has 3 aliphatic heterocycles. The summed E-state index contributed by atoms with van der Waals surface area (Å²) < 4.78 is 17.5. The predicted molar refractivity (Wildman–Crippen MR) is 89.4 cm³/mol. The highest BCUT2D eigenvalue weighted by molar-refractivity contribution is 6.13. The Morgan fingerprint density at radius 3 is 2.88 bits per heavy atom. The molecule has 0 radical (unpaired) electrons. The molecule has 1 fully saturated rings. The van der Waals surface area contributed by atoms with Gasteiger partial charge in [-0.2, -0.15) is 0 Å². The van der Waals surface area contributed by atoms with Crippen molar-refractivity contribution < 1.29 is 19.0 Å². The molecule has 1 aromatic carbocycles. The van der Waals surface area contributed by atoms with Crippen LogP contribution in [0.2, 0.25) is 0 Å². The van der Waals surface area contributed by atoms with Gasteiger partial charge >= 0.3 is 0 Å². The Labute approximate surface area is 142 Å². The van der Waals surface area contributed by atoms with E-state index >= 15 is 0 Å². The maximum Gasteiger partial charge on any atom is 0.231 e. The number of hydrogen-bond donors (Lipinski definition) is 0. The molecule has 0 spiro atoms. The largest absolute Gasteiger partial charge is 0.477 e. The number of fused-ring (bicyclic) bond motifs is 2. The molecule has 1 saturated heterocycles. The highest BCUT2D eigenvalue weighted by atomic mass is 16.5. The first-order chi connectivity index (χ1) is 11.5. The minimum Gasteiger partial charge on any atom is -0.477 e. The number of allylic oxidation sites excluding steroid dienone is 2. The van der Waals surface area contributed by atoms with Crippen molar-refractivity contribution >= 4 is 5.78 Å².